The quantitative estimate of drug-likeness (QED) is 0.826. The van der Waals surface area contributed by atoms with Gasteiger partial charge in [-0.15, -0.1) is 5.10 Å². The minimum Gasteiger partial charge on any atom is -0.382 e. The van der Waals surface area contributed by atoms with Crippen LogP contribution in [0, 0.1) is 0 Å². The summed E-state index contributed by atoms with van der Waals surface area (Å²) in [6.07, 6.45) is 6.44. The summed E-state index contributed by atoms with van der Waals surface area (Å²) in [5.41, 5.74) is 0.778. The van der Waals surface area contributed by atoms with E-state index in [0.717, 1.165) is 0 Å². The number of methoxy groups -OCH3 is 1. The van der Waals surface area contributed by atoms with Crippen molar-refractivity contribution in [1.82, 2.24) is 24.9 Å². The summed E-state index contributed by atoms with van der Waals surface area (Å²) in [5, 5.41) is 7.64. The molecule has 2 heterocycles. The third kappa shape index (κ3) is 3.25. The highest BCUT2D eigenvalue weighted by atomic mass is 16.5. The molecule has 0 spiro atoms. The van der Waals surface area contributed by atoms with Crippen LogP contribution in [0.15, 0.2) is 30.9 Å². The molecule has 7 heteroatoms. The molecule has 0 aliphatic heterocycles. The van der Waals surface area contributed by atoms with Gasteiger partial charge in [-0.1, -0.05) is 5.21 Å². The van der Waals surface area contributed by atoms with Gasteiger partial charge in [-0.2, -0.15) is 0 Å². The van der Waals surface area contributed by atoms with Crippen LogP contribution < -0.4 is 0 Å². The van der Waals surface area contributed by atoms with Gasteiger partial charge in [0, 0.05) is 20.4 Å². The largest absolute Gasteiger partial charge is 0.382 e. The lowest BCUT2D eigenvalue weighted by atomic mass is 10.0. The highest BCUT2D eigenvalue weighted by Crippen LogP contribution is 2.17. The zero-order chi connectivity index (χ0) is 15.5. The van der Waals surface area contributed by atoms with E-state index in [-0.39, 0.29) is 5.91 Å². The van der Waals surface area contributed by atoms with Crippen molar-refractivity contribution in [2.24, 2.45) is 0 Å². The fourth-order valence-electron chi connectivity index (χ4n) is 1.93. The third-order valence-corrected chi connectivity index (χ3v) is 3.37. The van der Waals surface area contributed by atoms with Crippen LogP contribution in [0.1, 0.15) is 24.2 Å². The first-order valence-electron chi connectivity index (χ1n) is 6.54. The molecule has 21 heavy (non-hydrogen) atoms. The maximum Gasteiger partial charge on any atom is 0.255 e. The topological polar surface area (TPSA) is 73.1 Å². The predicted molar refractivity (Wildman–Crippen MR) is 77.2 cm³/mol. The van der Waals surface area contributed by atoms with Crippen molar-refractivity contribution in [3.05, 3.63) is 36.4 Å². The Bertz CT molecular complexity index is 610. The number of aromatic nitrogens is 4. The van der Waals surface area contributed by atoms with Crippen molar-refractivity contribution in [3.63, 3.8) is 0 Å². The minimum absolute atomic E-state index is 0.119. The SMILES string of the molecule is COCC(C)(C)N(C)C(=O)c1cncc(-n2ccnn2)c1. The summed E-state index contributed by atoms with van der Waals surface area (Å²) in [7, 11) is 3.37. The zero-order valence-corrected chi connectivity index (χ0v) is 12.6. The summed E-state index contributed by atoms with van der Waals surface area (Å²) >= 11 is 0. The Kier molecular flexibility index (Phi) is 4.32. The summed E-state index contributed by atoms with van der Waals surface area (Å²) in [4.78, 5) is 18.3. The van der Waals surface area contributed by atoms with Gasteiger partial charge in [0.2, 0.25) is 0 Å². The van der Waals surface area contributed by atoms with E-state index in [1.54, 1.807) is 54.6 Å². The van der Waals surface area contributed by atoms with E-state index >= 15 is 0 Å². The first-order valence-corrected chi connectivity index (χ1v) is 6.54. The minimum atomic E-state index is -0.408. The second-order valence-corrected chi connectivity index (χ2v) is 5.39. The molecule has 2 aromatic rings. The summed E-state index contributed by atoms with van der Waals surface area (Å²) in [6, 6.07) is 1.74. The Balaban J connectivity index is 2.26. The predicted octanol–water partition coefficient (Wildman–Crippen LogP) is 1.16. The van der Waals surface area contributed by atoms with E-state index in [4.69, 9.17) is 4.74 Å². The number of rotatable bonds is 5. The van der Waals surface area contributed by atoms with Crippen molar-refractivity contribution in [3.8, 4) is 5.69 Å². The smallest absolute Gasteiger partial charge is 0.255 e. The lowest BCUT2D eigenvalue weighted by molar-refractivity contribution is 0.0366. The zero-order valence-electron chi connectivity index (χ0n) is 12.6. The fourth-order valence-corrected chi connectivity index (χ4v) is 1.93. The molecule has 1 amide bonds. The fraction of sp³-hybridized carbons (Fsp3) is 0.429. The first kappa shape index (κ1) is 15.1. The Hall–Kier alpha value is -2.28. The van der Waals surface area contributed by atoms with Gasteiger partial charge in [-0.05, 0) is 19.9 Å². The van der Waals surface area contributed by atoms with E-state index in [9.17, 15) is 4.79 Å². The van der Waals surface area contributed by atoms with Crippen LogP contribution >= 0.6 is 0 Å². The van der Waals surface area contributed by atoms with Crippen molar-refractivity contribution in [2.75, 3.05) is 20.8 Å². The summed E-state index contributed by atoms with van der Waals surface area (Å²) in [6.45, 7) is 4.34. The van der Waals surface area contributed by atoms with Crippen LogP contribution in [0.2, 0.25) is 0 Å². The Morgan fingerprint density at radius 3 is 2.81 bits per heavy atom. The number of carbonyl (C=O) groups excluding carboxylic acids is 1. The number of amides is 1. The standard InChI is InChI=1S/C14H19N5O2/c1-14(2,10-21-4)18(3)13(20)11-7-12(9-15-8-11)19-6-5-16-17-19/h5-9H,10H2,1-4H3. The third-order valence-electron chi connectivity index (χ3n) is 3.37. The van der Waals surface area contributed by atoms with Gasteiger partial charge in [0.05, 0.1) is 42.0 Å². The highest BCUT2D eigenvalue weighted by molar-refractivity contribution is 5.94. The molecule has 0 aliphatic rings. The molecule has 0 fully saturated rings. The van der Waals surface area contributed by atoms with Crippen molar-refractivity contribution >= 4 is 5.91 Å². The van der Waals surface area contributed by atoms with Gasteiger partial charge in [0.25, 0.3) is 5.91 Å². The lowest BCUT2D eigenvalue weighted by Gasteiger charge is -2.35. The van der Waals surface area contributed by atoms with Gasteiger partial charge in [-0.25, -0.2) is 4.68 Å². The van der Waals surface area contributed by atoms with Gasteiger partial charge >= 0.3 is 0 Å². The molecule has 2 aromatic heterocycles. The number of carbonyl (C=O) groups is 1. The molecule has 2 rings (SSSR count). The Morgan fingerprint density at radius 1 is 1.43 bits per heavy atom. The average molecular weight is 289 g/mol. The molecule has 0 saturated carbocycles. The molecule has 7 nitrogen and oxygen atoms in total. The molecule has 0 atom stereocenters. The van der Waals surface area contributed by atoms with E-state index < -0.39 is 5.54 Å². The first-order chi connectivity index (χ1) is 9.95. The number of hydrogen-bond donors (Lipinski definition) is 0. The average Bonchev–Trinajstić information content (AvgIpc) is 3.00. The van der Waals surface area contributed by atoms with Crippen molar-refractivity contribution in [2.45, 2.75) is 19.4 Å². The Labute approximate surface area is 123 Å². The number of ether oxygens (including phenoxy) is 1. The molecule has 112 valence electrons. The molecule has 0 bridgehead atoms. The summed E-state index contributed by atoms with van der Waals surface area (Å²) in [5.74, 6) is -0.119. The molecular weight excluding hydrogens is 270 g/mol. The Morgan fingerprint density at radius 2 is 2.19 bits per heavy atom. The van der Waals surface area contributed by atoms with Crippen molar-refractivity contribution < 1.29 is 9.53 Å². The van der Waals surface area contributed by atoms with E-state index in [2.05, 4.69) is 15.3 Å². The molecule has 0 unspecified atom stereocenters. The summed E-state index contributed by atoms with van der Waals surface area (Å²) < 4.78 is 6.72. The van der Waals surface area contributed by atoms with E-state index in [1.165, 1.54) is 0 Å². The number of pyridine rings is 1. The van der Waals surface area contributed by atoms with Crippen LogP contribution in [0.3, 0.4) is 0 Å². The number of likely N-dealkylation sites (N-methyl/N-ethyl adjacent to an activating group) is 1. The molecule has 0 aromatic carbocycles. The maximum atomic E-state index is 12.6. The monoisotopic (exact) mass is 289 g/mol. The van der Waals surface area contributed by atoms with Gasteiger partial charge < -0.3 is 9.64 Å². The van der Waals surface area contributed by atoms with Gasteiger partial charge in [0.15, 0.2) is 0 Å². The number of hydrogen-bond acceptors (Lipinski definition) is 5. The maximum absolute atomic E-state index is 12.6. The van der Waals surface area contributed by atoms with Crippen molar-refractivity contribution in [1.29, 1.82) is 0 Å². The highest BCUT2D eigenvalue weighted by Gasteiger charge is 2.28. The van der Waals surface area contributed by atoms with Crippen LogP contribution in [0.25, 0.3) is 5.69 Å². The molecule has 0 N–H and O–H groups in total. The van der Waals surface area contributed by atoms with Crippen LogP contribution in [-0.4, -0.2) is 57.1 Å². The molecule has 0 radical (unpaired) electrons. The second kappa shape index (κ2) is 6.01. The molecule has 0 saturated heterocycles. The van der Waals surface area contributed by atoms with Gasteiger partial charge in [0.1, 0.15) is 0 Å². The second-order valence-electron chi connectivity index (χ2n) is 5.39. The van der Waals surface area contributed by atoms with Crippen LogP contribution in [0.5, 0.6) is 0 Å². The normalized spacial score (nSPS) is 11.4. The number of nitrogens with zero attached hydrogens (tertiary/aromatic N) is 5. The van der Waals surface area contributed by atoms with Crippen LogP contribution in [0.4, 0.5) is 0 Å². The van der Waals surface area contributed by atoms with E-state index in [0.29, 0.717) is 17.9 Å². The van der Waals surface area contributed by atoms with Crippen LogP contribution in [-0.2, 0) is 4.74 Å². The van der Waals surface area contributed by atoms with Gasteiger partial charge in [-0.3, -0.25) is 9.78 Å². The lowest BCUT2D eigenvalue weighted by Crippen LogP contribution is -2.48. The molecule has 0 aliphatic carbocycles. The molecular formula is C14H19N5O2. The van der Waals surface area contributed by atoms with E-state index in [1.807, 2.05) is 13.8 Å².